The molecule has 6 heteroatoms. The Bertz CT molecular complexity index is 573. The van der Waals surface area contributed by atoms with Gasteiger partial charge < -0.3 is 15.0 Å². The van der Waals surface area contributed by atoms with E-state index in [1.807, 2.05) is 4.90 Å². The van der Waals surface area contributed by atoms with E-state index in [9.17, 15) is 9.59 Å². The number of carbonyl (C=O) groups excluding carboxylic acids is 2. The van der Waals surface area contributed by atoms with Gasteiger partial charge in [-0.25, -0.2) is 0 Å². The van der Waals surface area contributed by atoms with Crippen molar-refractivity contribution < 1.29 is 14.3 Å². The Kier molecular flexibility index (Phi) is 6.50. The fourth-order valence-electron chi connectivity index (χ4n) is 7.03. The summed E-state index contributed by atoms with van der Waals surface area (Å²) in [6, 6.07) is 0.407. The van der Waals surface area contributed by atoms with Crippen LogP contribution in [0.25, 0.3) is 0 Å². The van der Waals surface area contributed by atoms with Gasteiger partial charge in [-0.3, -0.25) is 14.5 Å². The van der Waals surface area contributed by atoms with Gasteiger partial charge in [-0.1, -0.05) is 6.92 Å². The lowest BCUT2D eigenvalue weighted by atomic mass is 9.49. The molecule has 0 radical (unpaired) electrons. The van der Waals surface area contributed by atoms with Crippen LogP contribution in [0.15, 0.2) is 0 Å². The van der Waals surface area contributed by atoms with Crippen molar-refractivity contribution in [1.29, 1.82) is 0 Å². The van der Waals surface area contributed by atoms with Crippen LogP contribution in [0.3, 0.4) is 0 Å². The van der Waals surface area contributed by atoms with Gasteiger partial charge in [-0.15, -0.1) is 0 Å². The highest BCUT2D eigenvalue weighted by Crippen LogP contribution is 2.60. The second-order valence-electron chi connectivity index (χ2n) is 10.1. The Labute approximate surface area is 175 Å². The van der Waals surface area contributed by atoms with E-state index in [0.29, 0.717) is 19.0 Å². The average molecular weight is 406 g/mol. The number of piperazine rings is 1. The minimum Gasteiger partial charge on any atom is -0.383 e. The molecular formula is C23H39N3O3. The first-order valence-corrected chi connectivity index (χ1v) is 11.8. The molecule has 5 rings (SSSR count). The van der Waals surface area contributed by atoms with Crippen molar-refractivity contribution in [1.82, 2.24) is 15.1 Å². The van der Waals surface area contributed by atoms with E-state index in [4.69, 9.17) is 4.74 Å². The van der Waals surface area contributed by atoms with Gasteiger partial charge in [0.1, 0.15) is 0 Å². The van der Waals surface area contributed by atoms with Crippen LogP contribution >= 0.6 is 0 Å². The lowest BCUT2D eigenvalue weighted by molar-refractivity contribution is -0.146. The quantitative estimate of drug-likeness (QED) is 0.673. The molecule has 0 aromatic carbocycles. The van der Waals surface area contributed by atoms with Crippen LogP contribution in [0.2, 0.25) is 0 Å². The number of hydrogen-bond donors (Lipinski definition) is 1. The summed E-state index contributed by atoms with van der Waals surface area (Å²) < 4.78 is 5.21. The molecule has 0 spiro atoms. The molecule has 4 aliphatic carbocycles. The molecule has 164 valence electrons. The summed E-state index contributed by atoms with van der Waals surface area (Å²) in [6.07, 6.45) is 8.75. The Morgan fingerprint density at radius 1 is 1.07 bits per heavy atom. The molecule has 0 aromatic rings. The van der Waals surface area contributed by atoms with Gasteiger partial charge in [0.05, 0.1) is 6.61 Å². The third-order valence-corrected chi connectivity index (χ3v) is 8.16. The summed E-state index contributed by atoms with van der Waals surface area (Å²) in [7, 11) is 1.73. The number of nitrogens with zero attached hydrogens (tertiary/aromatic N) is 2. The van der Waals surface area contributed by atoms with Crippen LogP contribution in [-0.2, 0) is 14.3 Å². The molecule has 1 aliphatic heterocycles. The van der Waals surface area contributed by atoms with Crippen molar-refractivity contribution in [3.8, 4) is 0 Å². The molecule has 0 aromatic heterocycles. The van der Waals surface area contributed by atoms with Gasteiger partial charge in [0.15, 0.2) is 0 Å². The van der Waals surface area contributed by atoms with Crippen molar-refractivity contribution in [2.45, 2.75) is 64.3 Å². The van der Waals surface area contributed by atoms with E-state index in [2.05, 4.69) is 17.1 Å². The molecule has 1 unspecified atom stereocenters. The first-order valence-electron chi connectivity index (χ1n) is 11.8. The molecule has 1 N–H and O–H groups in total. The van der Waals surface area contributed by atoms with Crippen LogP contribution in [0.1, 0.15) is 58.3 Å². The fraction of sp³-hybridized carbons (Fsp3) is 0.913. The molecule has 1 atom stereocenters. The average Bonchev–Trinajstić information content (AvgIpc) is 2.71. The first kappa shape index (κ1) is 21.1. The van der Waals surface area contributed by atoms with Gasteiger partial charge >= 0.3 is 0 Å². The predicted molar refractivity (Wildman–Crippen MR) is 112 cm³/mol. The summed E-state index contributed by atoms with van der Waals surface area (Å²) in [5, 5.41) is 3.16. The summed E-state index contributed by atoms with van der Waals surface area (Å²) >= 11 is 0. The van der Waals surface area contributed by atoms with Crippen molar-refractivity contribution in [2.75, 3.05) is 46.4 Å². The zero-order valence-electron chi connectivity index (χ0n) is 18.3. The fourth-order valence-corrected chi connectivity index (χ4v) is 7.03. The van der Waals surface area contributed by atoms with Gasteiger partial charge in [0.25, 0.3) is 0 Å². The van der Waals surface area contributed by atoms with Crippen molar-refractivity contribution in [2.24, 2.45) is 23.2 Å². The zero-order chi connectivity index (χ0) is 20.4. The molecule has 5 aliphatic rings. The predicted octanol–water partition coefficient (Wildman–Crippen LogP) is 2.28. The molecule has 6 nitrogen and oxygen atoms in total. The molecule has 1 saturated heterocycles. The van der Waals surface area contributed by atoms with E-state index in [0.717, 1.165) is 76.2 Å². The van der Waals surface area contributed by atoms with Crippen LogP contribution in [0.4, 0.5) is 0 Å². The minimum absolute atomic E-state index is 0.113. The monoisotopic (exact) mass is 405 g/mol. The Balaban J connectivity index is 1.23. The maximum atomic E-state index is 13.0. The molecule has 4 saturated carbocycles. The zero-order valence-corrected chi connectivity index (χ0v) is 18.3. The maximum Gasteiger partial charge on any atom is 0.226 e. The van der Waals surface area contributed by atoms with Crippen molar-refractivity contribution >= 4 is 11.8 Å². The van der Waals surface area contributed by atoms with Gasteiger partial charge in [-0.2, -0.15) is 0 Å². The van der Waals surface area contributed by atoms with Crippen molar-refractivity contribution in [3.05, 3.63) is 0 Å². The number of ether oxygens (including phenoxy) is 1. The number of carbonyl (C=O) groups is 2. The molecule has 2 amide bonds. The van der Waals surface area contributed by atoms with Gasteiger partial charge in [-0.05, 0) is 62.7 Å². The lowest BCUT2D eigenvalue weighted by Gasteiger charge is -2.55. The summed E-state index contributed by atoms with van der Waals surface area (Å²) in [5.41, 5.74) is -0.113. The minimum atomic E-state index is -0.113. The summed E-state index contributed by atoms with van der Waals surface area (Å²) in [6.45, 7) is 6.82. The van der Waals surface area contributed by atoms with E-state index in [1.54, 1.807) is 7.11 Å². The van der Waals surface area contributed by atoms with E-state index in [-0.39, 0.29) is 17.2 Å². The van der Waals surface area contributed by atoms with Crippen LogP contribution in [0, 0.1) is 23.2 Å². The van der Waals surface area contributed by atoms with Crippen LogP contribution in [0.5, 0.6) is 0 Å². The number of rotatable bonds is 8. The topological polar surface area (TPSA) is 61.9 Å². The second-order valence-corrected chi connectivity index (χ2v) is 10.1. The standard InChI is InChI=1S/C23H39N3O3/c1-3-20-16-26(7-6-25(20)8-9-29-2)21(27)4-5-24-22(28)23-13-17-10-18(14-23)12-19(11-17)15-23/h17-20H,3-16H2,1-2H3,(H,24,28). The van der Waals surface area contributed by atoms with Crippen molar-refractivity contribution in [3.63, 3.8) is 0 Å². The third-order valence-electron chi connectivity index (χ3n) is 8.16. The SMILES string of the molecule is CCC1CN(C(=O)CCNC(=O)C23CC4CC(CC(C4)C2)C3)CCN1CCOC. The van der Waals surface area contributed by atoms with Crippen LogP contribution in [-0.4, -0.2) is 74.1 Å². The first-order chi connectivity index (χ1) is 14.0. The Hall–Kier alpha value is -1.14. The molecule has 1 heterocycles. The largest absolute Gasteiger partial charge is 0.383 e. The summed E-state index contributed by atoms with van der Waals surface area (Å²) in [4.78, 5) is 30.2. The third kappa shape index (κ3) is 4.48. The molecule has 29 heavy (non-hydrogen) atoms. The maximum absolute atomic E-state index is 13.0. The normalized spacial score (nSPS) is 36.4. The Morgan fingerprint density at radius 3 is 2.31 bits per heavy atom. The van der Waals surface area contributed by atoms with Gasteiger partial charge in [0.2, 0.25) is 11.8 Å². The van der Waals surface area contributed by atoms with E-state index in [1.165, 1.54) is 19.3 Å². The highest BCUT2D eigenvalue weighted by Gasteiger charge is 2.54. The number of hydrogen-bond acceptors (Lipinski definition) is 4. The number of amides is 2. The van der Waals surface area contributed by atoms with E-state index < -0.39 is 0 Å². The Morgan fingerprint density at radius 2 is 1.72 bits per heavy atom. The molecule has 5 fully saturated rings. The lowest BCUT2D eigenvalue weighted by Crippen LogP contribution is -2.56. The van der Waals surface area contributed by atoms with E-state index >= 15 is 0 Å². The number of methoxy groups -OCH3 is 1. The van der Waals surface area contributed by atoms with Crippen LogP contribution < -0.4 is 5.32 Å². The molecule has 4 bridgehead atoms. The summed E-state index contributed by atoms with van der Waals surface area (Å²) in [5.74, 6) is 2.73. The second kappa shape index (κ2) is 8.93. The smallest absolute Gasteiger partial charge is 0.226 e. The van der Waals surface area contributed by atoms with Gasteiger partial charge in [0, 0.05) is 57.7 Å². The number of nitrogens with one attached hydrogen (secondary N) is 1. The highest BCUT2D eigenvalue weighted by atomic mass is 16.5. The molecular weight excluding hydrogens is 366 g/mol. The highest BCUT2D eigenvalue weighted by molar-refractivity contribution is 5.84.